The summed E-state index contributed by atoms with van der Waals surface area (Å²) >= 11 is 0. The summed E-state index contributed by atoms with van der Waals surface area (Å²) in [5.41, 5.74) is 0.209. The topological polar surface area (TPSA) is 278 Å². The second-order valence-corrected chi connectivity index (χ2v) is 21.2. The predicted octanol–water partition coefficient (Wildman–Crippen LogP) is -0.762. The minimum atomic E-state index is -2.48. The third kappa shape index (κ3) is 9.74. The largest absolute Gasteiger partial charge is 0.390 e. The molecular weight excluding hydrogens is 957 g/mol. The Bertz CT molecular complexity index is 2520. The van der Waals surface area contributed by atoms with Crippen LogP contribution in [-0.4, -0.2) is 197 Å². The molecule has 404 valence electrons. The Morgan fingerprint density at radius 3 is 1.65 bits per heavy atom. The van der Waals surface area contributed by atoms with E-state index >= 15 is 0 Å². The highest BCUT2D eigenvalue weighted by Crippen LogP contribution is 2.49. The Morgan fingerprint density at radius 1 is 0.527 bits per heavy atom. The van der Waals surface area contributed by atoms with Crippen molar-refractivity contribution >= 4 is 10.8 Å². The fourth-order valence-electron chi connectivity index (χ4n) is 12.4. The standard InChI is InChI=1S/C54H74N6O14/c1-29-22-52(65,27-59-25-32-17-20-34-13-9-10-14-36(34)21-32)53(66)49(69-29)71-47-43(63)37(55-3)41(61)40(46(47)74-53)60-28-68-44-38(56-4)42(62)39(57-5)45-48(44)72-50-54(67,73-45)51(64,23-30(2)70-50)26-58-24-31-15-18-35(19-16-31)33-11-7-6-8-12-33/h6-21,29-30,37-50,55-67H,22-28H2,1-5H3. The Morgan fingerprint density at radius 2 is 1.04 bits per heavy atom. The van der Waals surface area contributed by atoms with Gasteiger partial charge in [0.25, 0.3) is 0 Å². The molecule has 13 N–H and O–H groups in total. The molecule has 4 aliphatic heterocycles. The van der Waals surface area contributed by atoms with Crippen LogP contribution in [0.2, 0.25) is 0 Å². The maximum Gasteiger partial charge on any atom is 0.249 e. The second kappa shape index (κ2) is 21.6. The molecule has 74 heavy (non-hydrogen) atoms. The molecule has 20 unspecified atom stereocenters. The number of fused-ring (bicyclic) bond motifs is 5. The SMILES string of the molecule is CNC1C(O)C(NCOC2C(NC)C(O)C(NC)C3OC4(O)C(OC(C)CC4(O)CNCc4ccc(-c5ccccc5)cc4)OC23)C2OC3(O)C(OC(C)CC3(O)CNCc3ccc4ccccc4c3)OC2C1O. The van der Waals surface area contributed by atoms with E-state index in [0.29, 0.717) is 13.1 Å². The number of likely N-dealkylation sites (N-methyl/N-ethyl adjacent to an activating group) is 3. The van der Waals surface area contributed by atoms with Gasteiger partial charge < -0.3 is 95.5 Å². The molecule has 2 saturated carbocycles. The van der Waals surface area contributed by atoms with Crippen molar-refractivity contribution in [1.82, 2.24) is 31.9 Å². The quantitative estimate of drug-likeness (QED) is 0.0615. The molecule has 10 rings (SSSR count). The van der Waals surface area contributed by atoms with E-state index in [2.05, 4.69) is 38.0 Å². The molecule has 4 aromatic rings. The third-order valence-corrected chi connectivity index (χ3v) is 16.3. The molecule has 0 bridgehead atoms. The lowest BCUT2D eigenvalue weighted by atomic mass is 9.77. The molecule has 20 nitrogen and oxygen atoms in total. The van der Waals surface area contributed by atoms with Crippen molar-refractivity contribution in [3.63, 3.8) is 0 Å². The summed E-state index contributed by atoms with van der Waals surface area (Å²) in [5.74, 6) is -4.87. The van der Waals surface area contributed by atoms with E-state index in [1.54, 1.807) is 35.0 Å². The summed E-state index contributed by atoms with van der Waals surface area (Å²) in [7, 11) is 4.89. The number of benzene rings is 4. The van der Waals surface area contributed by atoms with Crippen LogP contribution in [-0.2, 0) is 46.2 Å². The summed E-state index contributed by atoms with van der Waals surface area (Å²) in [4.78, 5) is 0. The molecule has 0 radical (unpaired) electrons. The molecular formula is C54H74N6O14. The molecule has 0 aromatic heterocycles. The van der Waals surface area contributed by atoms with Gasteiger partial charge in [0.15, 0.2) is 0 Å². The summed E-state index contributed by atoms with van der Waals surface area (Å²) in [6.07, 6.45) is -13.7. The van der Waals surface area contributed by atoms with Crippen LogP contribution in [0.15, 0.2) is 97.1 Å². The Labute approximate surface area is 431 Å². The fraction of sp³-hybridized carbons (Fsp3) is 0.593. The van der Waals surface area contributed by atoms with Crippen LogP contribution in [0, 0.1) is 0 Å². The van der Waals surface area contributed by atoms with E-state index < -0.39 is 121 Å². The first-order valence-corrected chi connectivity index (χ1v) is 25.8. The summed E-state index contributed by atoms with van der Waals surface area (Å²) in [6.45, 7) is 3.72. The lowest BCUT2D eigenvalue weighted by Crippen LogP contribution is -2.82. The highest BCUT2D eigenvalue weighted by atomic mass is 16.8. The van der Waals surface area contributed by atoms with E-state index in [4.69, 9.17) is 33.2 Å². The van der Waals surface area contributed by atoms with Crippen molar-refractivity contribution in [1.29, 1.82) is 0 Å². The van der Waals surface area contributed by atoms with Gasteiger partial charge in [-0.25, -0.2) is 0 Å². The van der Waals surface area contributed by atoms with Crippen molar-refractivity contribution in [3.8, 4) is 11.1 Å². The van der Waals surface area contributed by atoms with Gasteiger partial charge in [-0.15, -0.1) is 0 Å². The van der Waals surface area contributed by atoms with Gasteiger partial charge in [0, 0.05) is 39.0 Å². The van der Waals surface area contributed by atoms with Crippen molar-refractivity contribution in [2.45, 2.75) is 160 Å². The van der Waals surface area contributed by atoms with Gasteiger partial charge in [-0.1, -0.05) is 91.0 Å². The molecule has 2 aliphatic carbocycles. The summed E-state index contributed by atoms with van der Waals surface area (Å²) in [6, 6.07) is 28.5. The average Bonchev–Trinajstić information content (AvgIpc) is 3.41. The van der Waals surface area contributed by atoms with Crippen LogP contribution in [0.25, 0.3) is 21.9 Å². The molecule has 6 aliphatic rings. The number of rotatable bonds is 16. The molecule has 4 saturated heterocycles. The lowest BCUT2D eigenvalue weighted by molar-refractivity contribution is -0.483. The van der Waals surface area contributed by atoms with Crippen LogP contribution in [0.4, 0.5) is 0 Å². The van der Waals surface area contributed by atoms with Crippen molar-refractivity contribution in [2.75, 3.05) is 41.0 Å². The first-order valence-electron chi connectivity index (χ1n) is 25.8. The Kier molecular flexibility index (Phi) is 15.7. The van der Waals surface area contributed by atoms with E-state index in [9.17, 15) is 35.7 Å². The minimum absolute atomic E-state index is 0.00329. The van der Waals surface area contributed by atoms with E-state index in [-0.39, 0.29) is 32.7 Å². The first kappa shape index (κ1) is 53.7. The number of ether oxygens (including phenoxy) is 7. The van der Waals surface area contributed by atoms with Crippen molar-refractivity contribution in [3.05, 3.63) is 108 Å². The van der Waals surface area contributed by atoms with Crippen LogP contribution < -0.4 is 31.9 Å². The second-order valence-electron chi connectivity index (χ2n) is 21.2. The number of aliphatic hydroxyl groups is 7. The van der Waals surface area contributed by atoms with Gasteiger partial charge in [0.05, 0.1) is 55.3 Å². The molecule has 20 heteroatoms. The van der Waals surface area contributed by atoms with Crippen molar-refractivity contribution < 1.29 is 68.9 Å². The van der Waals surface area contributed by atoms with Crippen LogP contribution in [0.1, 0.15) is 37.8 Å². The number of hydrogen-bond donors (Lipinski definition) is 13. The summed E-state index contributed by atoms with van der Waals surface area (Å²) in [5, 5.41) is 107. The summed E-state index contributed by atoms with van der Waals surface area (Å²) < 4.78 is 45.0. The molecule has 20 atom stereocenters. The molecule has 0 spiro atoms. The van der Waals surface area contributed by atoms with Crippen LogP contribution in [0.3, 0.4) is 0 Å². The Hall–Kier alpha value is -3.66. The van der Waals surface area contributed by atoms with Gasteiger partial charge in [-0.2, -0.15) is 0 Å². The third-order valence-electron chi connectivity index (χ3n) is 16.3. The number of nitrogens with one attached hydrogen (secondary N) is 6. The molecule has 6 fully saturated rings. The maximum atomic E-state index is 12.5. The van der Waals surface area contributed by atoms with E-state index in [1.807, 2.05) is 91.0 Å². The number of hydrogen-bond acceptors (Lipinski definition) is 20. The van der Waals surface area contributed by atoms with Gasteiger partial charge in [0.2, 0.25) is 24.2 Å². The van der Waals surface area contributed by atoms with Gasteiger partial charge in [-0.3, -0.25) is 5.32 Å². The van der Waals surface area contributed by atoms with Gasteiger partial charge >= 0.3 is 0 Å². The lowest BCUT2D eigenvalue weighted by Gasteiger charge is -2.61. The van der Waals surface area contributed by atoms with E-state index in [1.165, 1.54) is 0 Å². The zero-order chi connectivity index (χ0) is 52.2. The first-order chi connectivity index (χ1) is 35.5. The van der Waals surface area contributed by atoms with Crippen LogP contribution in [0.5, 0.6) is 0 Å². The number of aliphatic hydroxyl groups excluding tert-OH is 3. The maximum absolute atomic E-state index is 12.5. The van der Waals surface area contributed by atoms with Gasteiger partial charge in [0.1, 0.15) is 47.8 Å². The van der Waals surface area contributed by atoms with Crippen LogP contribution >= 0.6 is 0 Å². The highest BCUT2D eigenvalue weighted by molar-refractivity contribution is 5.83. The highest BCUT2D eigenvalue weighted by Gasteiger charge is 2.70. The van der Waals surface area contributed by atoms with Gasteiger partial charge in [-0.05, 0) is 74.1 Å². The molecule has 4 aromatic carbocycles. The average molecular weight is 1030 g/mol. The molecule has 4 heterocycles. The monoisotopic (exact) mass is 1030 g/mol. The zero-order valence-corrected chi connectivity index (χ0v) is 42.4. The Balaban J connectivity index is 0.844. The predicted molar refractivity (Wildman–Crippen MR) is 270 cm³/mol. The van der Waals surface area contributed by atoms with E-state index in [0.717, 1.165) is 33.0 Å². The van der Waals surface area contributed by atoms with Crippen molar-refractivity contribution in [2.24, 2.45) is 0 Å². The minimum Gasteiger partial charge on any atom is -0.390 e. The molecule has 0 amide bonds. The fourth-order valence-corrected chi connectivity index (χ4v) is 12.4. The zero-order valence-electron chi connectivity index (χ0n) is 42.4. The normalized spacial score (nSPS) is 41.9. The smallest absolute Gasteiger partial charge is 0.249 e.